The molecule has 1 aliphatic heterocycles. The number of rotatable bonds is 5. The minimum Gasteiger partial charge on any atom is -0.494 e. The van der Waals surface area contributed by atoms with Crippen LogP contribution in [0.2, 0.25) is 0 Å². The molecule has 0 amide bonds. The fourth-order valence-electron chi connectivity index (χ4n) is 1.69. The average molecular weight is 223 g/mol. The van der Waals surface area contributed by atoms with Crippen LogP contribution in [-0.4, -0.2) is 18.7 Å². The maximum Gasteiger partial charge on any atom is 0.117 e. The van der Waals surface area contributed by atoms with E-state index in [9.17, 15) is 0 Å². The molecule has 0 aromatic carbocycles. The maximum absolute atomic E-state index is 5.58. The van der Waals surface area contributed by atoms with Crippen molar-refractivity contribution in [2.75, 3.05) is 6.54 Å². The number of hydrogen-bond donors (Lipinski definition) is 1. The van der Waals surface area contributed by atoms with E-state index in [0.717, 1.165) is 19.4 Å². The fourth-order valence-corrected chi connectivity index (χ4v) is 1.69. The summed E-state index contributed by atoms with van der Waals surface area (Å²) in [6.07, 6.45) is 8.73. The molecule has 0 bridgehead atoms. The summed E-state index contributed by atoms with van der Waals surface area (Å²) < 4.78 is 5.58. The Morgan fingerprint density at radius 2 is 2.19 bits per heavy atom. The third kappa shape index (κ3) is 4.84. The van der Waals surface area contributed by atoms with Crippen LogP contribution in [0.4, 0.5) is 0 Å². The summed E-state index contributed by atoms with van der Waals surface area (Å²) in [5, 5.41) is 3.47. The van der Waals surface area contributed by atoms with Gasteiger partial charge in [0.25, 0.3) is 0 Å². The van der Waals surface area contributed by atoms with Gasteiger partial charge < -0.3 is 10.1 Å². The van der Waals surface area contributed by atoms with Crippen LogP contribution < -0.4 is 5.32 Å². The lowest BCUT2D eigenvalue weighted by molar-refractivity contribution is 0.164. The predicted molar refractivity (Wildman–Crippen MR) is 69.3 cm³/mol. The molecule has 0 saturated carbocycles. The molecule has 16 heavy (non-hydrogen) atoms. The lowest BCUT2D eigenvalue weighted by atomic mass is 9.99. The van der Waals surface area contributed by atoms with Gasteiger partial charge in [0.05, 0.1) is 6.26 Å². The van der Waals surface area contributed by atoms with Crippen molar-refractivity contribution in [1.29, 1.82) is 0 Å². The summed E-state index contributed by atoms with van der Waals surface area (Å²) in [5.41, 5.74) is 1.45. The van der Waals surface area contributed by atoms with Gasteiger partial charge in [-0.3, -0.25) is 0 Å². The first-order valence-corrected chi connectivity index (χ1v) is 6.34. The van der Waals surface area contributed by atoms with Crippen LogP contribution in [0, 0.1) is 5.92 Å². The monoisotopic (exact) mass is 223 g/mol. The van der Waals surface area contributed by atoms with Gasteiger partial charge in [-0.1, -0.05) is 33.3 Å². The highest BCUT2D eigenvalue weighted by molar-refractivity contribution is 5.11. The second kappa shape index (κ2) is 6.74. The van der Waals surface area contributed by atoms with E-state index in [-0.39, 0.29) is 6.10 Å². The second-order valence-electron chi connectivity index (χ2n) is 5.06. The van der Waals surface area contributed by atoms with Crippen LogP contribution in [0.1, 0.15) is 40.5 Å². The zero-order valence-electron chi connectivity index (χ0n) is 11.0. The lowest BCUT2D eigenvalue weighted by Gasteiger charge is -2.20. The van der Waals surface area contributed by atoms with Crippen molar-refractivity contribution >= 4 is 0 Å². The normalized spacial score (nSPS) is 21.6. The minimum atomic E-state index is 0.274. The first kappa shape index (κ1) is 13.3. The molecular weight excluding hydrogens is 198 g/mol. The maximum atomic E-state index is 5.58. The molecule has 0 aromatic heterocycles. The van der Waals surface area contributed by atoms with E-state index < -0.39 is 0 Å². The summed E-state index contributed by atoms with van der Waals surface area (Å²) in [6.45, 7) is 9.81. The Hall–Kier alpha value is -0.760. The van der Waals surface area contributed by atoms with Crippen LogP contribution in [0.3, 0.4) is 0 Å². The zero-order chi connectivity index (χ0) is 12.0. The molecule has 1 unspecified atom stereocenters. The van der Waals surface area contributed by atoms with Crippen molar-refractivity contribution < 1.29 is 4.74 Å². The van der Waals surface area contributed by atoms with Crippen molar-refractivity contribution in [2.24, 2.45) is 5.92 Å². The Morgan fingerprint density at radius 3 is 2.69 bits per heavy atom. The average Bonchev–Trinajstić information content (AvgIpc) is 2.25. The minimum absolute atomic E-state index is 0.274. The summed E-state index contributed by atoms with van der Waals surface area (Å²) in [4.78, 5) is 0. The molecular formula is C14H25NO. The molecule has 0 aromatic rings. The highest BCUT2D eigenvalue weighted by atomic mass is 16.5. The quantitative estimate of drug-likeness (QED) is 0.722. The van der Waals surface area contributed by atoms with E-state index in [1.807, 2.05) is 6.26 Å². The molecule has 1 rings (SSSR count). The topological polar surface area (TPSA) is 21.3 Å². The van der Waals surface area contributed by atoms with Gasteiger partial charge in [0.2, 0.25) is 0 Å². The number of hydrogen-bond acceptors (Lipinski definition) is 2. The summed E-state index contributed by atoms with van der Waals surface area (Å²) in [5.74, 6) is 0.584. The van der Waals surface area contributed by atoms with E-state index in [0.29, 0.717) is 12.0 Å². The molecule has 2 nitrogen and oxygen atoms in total. The van der Waals surface area contributed by atoms with Crippen LogP contribution in [0.5, 0.6) is 0 Å². The van der Waals surface area contributed by atoms with Gasteiger partial charge in [-0.25, -0.2) is 0 Å². The van der Waals surface area contributed by atoms with Crippen molar-refractivity contribution in [3.05, 3.63) is 24.0 Å². The molecule has 1 aliphatic rings. The molecule has 1 atom stereocenters. The van der Waals surface area contributed by atoms with Gasteiger partial charge in [-0.15, -0.1) is 0 Å². The number of allylic oxidation sites excluding steroid dienone is 1. The highest BCUT2D eigenvalue weighted by Crippen LogP contribution is 2.17. The molecule has 0 fully saturated rings. The molecule has 0 radical (unpaired) electrons. The Balaban J connectivity index is 2.53. The van der Waals surface area contributed by atoms with E-state index in [1.54, 1.807) is 0 Å². The third-order valence-corrected chi connectivity index (χ3v) is 2.82. The number of ether oxygens (including phenoxy) is 1. The van der Waals surface area contributed by atoms with Crippen LogP contribution in [-0.2, 0) is 4.74 Å². The van der Waals surface area contributed by atoms with Gasteiger partial charge in [0.15, 0.2) is 0 Å². The van der Waals surface area contributed by atoms with Gasteiger partial charge in [-0.2, -0.15) is 0 Å². The van der Waals surface area contributed by atoms with Crippen molar-refractivity contribution in [3.8, 4) is 0 Å². The zero-order valence-corrected chi connectivity index (χ0v) is 11.0. The molecule has 1 N–H and O–H groups in total. The van der Waals surface area contributed by atoms with Crippen LogP contribution in [0.15, 0.2) is 24.0 Å². The third-order valence-electron chi connectivity index (χ3n) is 2.82. The predicted octanol–water partition coefficient (Wildman–Crippen LogP) is 3.26. The smallest absolute Gasteiger partial charge is 0.117 e. The Kier molecular flexibility index (Phi) is 5.61. The first-order valence-electron chi connectivity index (χ1n) is 6.34. The van der Waals surface area contributed by atoms with Crippen molar-refractivity contribution in [2.45, 2.75) is 52.7 Å². The van der Waals surface area contributed by atoms with E-state index in [2.05, 4.69) is 45.2 Å². The Bertz CT molecular complexity index is 253. The molecule has 92 valence electrons. The van der Waals surface area contributed by atoms with Gasteiger partial charge in [0, 0.05) is 12.6 Å². The van der Waals surface area contributed by atoms with Gasteiger partial charge >= 0.3 is 0 Å². The van der Waals surface area contributed by atoms with Gasteiger partial charge in [0.1, 0.15) is 6.10 Å². The molecule has 0 aliphatic carbocycles. The Labute approximate surface area is 99.8 Å². The second-order valence-corrected chi connectivity index (χ2v) is 5.06. The largest absolute Gasteiger partial charge is 0.494 e. The van der Waals surface area contributed by atoms with E-state index >= 15 is 0 Å². The molecule has 0 spiro atoms. The summed E-state index contributed by atoms with van der Waals surface area (Å²) in [6, 6.07) is 0.536. The van der Waals surface area contributed by atoms with E-state index in [1.165, 1.54) is 5.57 Å². The van der Waals surface area contributed by atoms with Crippen molar-refractivity contribution in [1.82, 2.24) is 5.32 Å². The SMILES string of the molecule is CC(C)NC/C(=C\C1CCC=CO1)C(C)C. The lowest BCUT2D eigenvalue weighted by Crippen LogP contribution is -2.27. The standard InChI is InChI=1S/C14H25NO/c1-11(2)13(10-15-12(3)4)9-14-7-5-6-8-16-14/h6,8-9,11-12,14-15H,5,7,10H2,1-4H3/b13-9+. The first-order chi connectivity index (χ1) is 7.59. The molecule has 1 heterocycles. The van der Waals surface area contributed by atoms with Crippen LogP contribution >= 0.6 is 0 Å². The van der Waals surface area contributed by atoms with E-state index in [4.69, 9.17) is 4.74 Å². The highest BCUT2D eigenvalue weighted by Gasteiger charge is 2.11. The summed E-state index contributed by atoms with van der Waals surface area (Å²) in [7, 11) is 0. The summed E-state index contributed by atoms with van der Waals surface area (Å²) >= 11 is 0. The van der Waals surface area contributed by atoms with Crippen LogP contribution in [0.25, 0.3) is 0 Å². The fraction of sp³-hybridized carbons (Fsp3) is 0.714. The number of nitrogens with one attached hydrogen (secondary N) is 1. The Morgan fingerprint density at radius 1 is 1.44 bits per heavy atom. The van der Waals surface area contributed by atoms with Crippen molar-refractivity contribution in [3.63, 3.8) is 0 Å². The van der Waals surface area contributed by atoms with Gasteiger partial charge in [-0.05, 0) is 30.9 Å². The molecule has 0 saturated heterocycles. The molecule has 2 heteroatoms.